The van der Waals surface area contributed by atoms with Crippen molar-refractivity contribution in [2.24, 2.45) is 11.1 Å². The maximum Gasteiger partial charge on any atom is 0.243 e. The summed E-state index contributed by atoms with van der Waals surface area (Å²) in [6, 6.07) is 3.26. The van der Waals surface area contributed by atoms with Crippen molar-refractivity contribution < 1.29 is 9.47 Å². The van der Waals surface area contributed by atoms with Gasteiger partial charge in [-0.25, -0.2) is 4.98 Å². The zero-order valence-electron chi connectivity index (χ0n) is 8.96. The molecule has 0 spiro atoms. The lowest BCUT2D eigenvalue weighted by atomic mass is 10.0. The monoisotopic (exact) mass is 222 g/mol. The molecule has 5 heteroatoms. The van der Waals surface area contributed by atoms with Crippen LogP contribution in [0, 0.1) is 10.8 Å². The van der Waals surface area contributed by atoms with Crippen molar-refractivity contribution >= 4 is 5.69 Å². The summed E-state index contributed by atoms with van der Waals surface area (Å²) in [7, 11) is 0. The van der Waals surface area contributed by atoms with E-state index in [-0.39, 0.29) is 5.69 Å². The van der Waals surface area contributed by atoms with Crippen molar-refractivity contribution in [3.05, 3.63) is 23.2 Å². The SMILES string of the molecule is O=Nc1cccnc1OCC1CCOCC1. The van der Waals surface area contributed by atoms with Crippen LogP contribution in [-0.4, -0.2) is 24.8 Å². The van der Waals surface area contributed by atoms with Crippen LogP contribution in [-0.2, 0) is 4.74 Å². The number of aromatic nitrogens is 1. The fourth-order valence-corrected chi connectivity index (χ4v) is 1.67. The van der Waals surface area contributed by atoms with Gasteiger partial charge in [0.1, 0.15) is 0 Å². The third kappa shape index (κ3) is 2.76. The van der Waals surface area contributed by atoms with Gasteiger partial charge in [0.05, 0.1) is 6.61 Å². The summed E-state index contributed by atoms with van der Waals surface area (Å²) in [5.41, 5.74) is 0.259. The second kappa shape index (κ2) is 5.55. The van der Waals surface area contributed by atoms with Gasteiger partial charge in [0, 0.05) is 19.4 Å². The third-order valence-corrected chi connectivity index (χ3v) is 2.65. The maximum atomic E-state index is 10.5. The quantitative estimate of drug-likeness (QED) is 0.733. The molecule has 0 radical (unpaired) electrons. The van der Waals surface area contributed by atoms with Gasteiger partial charge in [0.25, 0.3) is 0 Å². The van der Waals surface area contributed by atoms with Crippen molar-refractivity contribution in [3.8, 4) is 5.88 Å². The maximum absolute atomic E-state index is 10.5. The topological polar surface area (TPSA) is 60.8 Å². The number of nitroso groups, excluding NO2 is 1. The van der Waals surface area contributed by atoms with Gasteiger partial charge in [0.15, 0.2) is 5.69 Å². The molecule has 0 aromatic carbocycles. The molecular weight excluding hydrogens is 208 g/mol. The Hall–Kier alpha value is -1.49. The number of rotatable bonds is 4. The van der Waals surface area contributed by atoms with E-state index in [1.807, 2.05) is 0 Å². The summed E-state index contributed by atoms with van der Waals surface area (Å²) in [4.78, 5) is 14.5. The highest BCUT2D eigenvalue weighted by atomic mass is 16.5. The standard InChI is InChI=1S/C11H14N2O3/c14-13-10-2-1-5-12-11(10)16-8-9-3-6-15-7-4-9/h1-2,5,9H,3-4,6-8H2. The first-order valence-corrected chi connectivity index (χ1v) is 5.39. The van der Waals surface area contributed by atoms with Gasteiger partial charge in [-0.3, -0.25) is 0 Å². The van der Waals surface area contributed by atoms with Crippen molar-refractivity contribution in [1.82, 2.24) is 4.98 Å². The van der Waals surface area contributed by atoms with Crippen molar-refractivity contribution in [2.75, 3.05) is 19.8 Å². The lowest BCUT2D eigenvalue weighted by Gasteiger charge is -2.21. The minimum absolute atomic E-state index is 0.259. The average molecular weight is 222 g/mol. The first-order chi connectivity index (χ1) is 7.90. The Morgan fingerprint density at radius 3 is 3.06 bits per heavy atom. The Morgan fingerprint density at radius 1 is 1.50 bits per heavy atom. The Kier molecular flexibility index (Phi) is 3.82. The van der Waals surface area contributed by atoms with Crippen molar-refractivity contribution in [2.45, 2.75) is 12.8 Å². The van der Waals surface area contributed by atoms with Crippen molar-refractivity contribution in [3.63, 3.8) is 0 Å². The lowest BCUT2D eigenvalue weighted by Crippen LogP contribution is -2.21. The summed E-state index contributed by atoms with van der Waals surface area (Å²) < 4.78 is 10.8. The third-order valence-electron chi connectivity index (χ3n) is 2.65. The van der Waals surface area contributed by atoms with Crippen molar-refractivity contribution in [1.29, 1.82) is 0 Å². The van der Waals surface area contributed by atoms with Gasteiger partial charge >= 0.3 is 0 Å². The van der Waals surface area contributed by atoms with Crippen LogP contribution < -0.4 is 4.74 Å². The molecule has 0 N–H and O–H groups in total. The minimum Gasteiger partial charge on any atom is -0.476 e. The summed E-state index contributed by atoms with van der Waals surface area (Å²) in [6.07, 6.45) is 3.58. The molecule has 0 aliphatic carbocycles. The van der Waals surface area contributed by atoms with Crippen LogP contribution in [0.2, 0.25) is 0 Å². The van der Waals surface area contributed by atoms with E-state index in [0.717, 1.165) is 26.1 Å². The van der Waals surface area contributed by atoms with E-state index in [1.54, 1.807) is 18.3 Å². The van der Waals surface area contributed by atoms with Crippen LogP contribution in [0.5, 0.6) is 5.88 Å². The van der Waals surface area contributed by atoms with Crippen LogP contribution in [0.15, 0.2) is 23.5 Å². The first-order valence-electron chi connectivity index (χ1n) is 5.39. The molecule has 1 aliphatic rings. The molecule has 0 atom stereocenters. The Balaban J connectivity index is 1.90. The van der Waals surface area contributed by atoms with Crippen LogP contribution in [0.25, 0.3) is 0 Å². The molecule has 1 aromatic rings. The van der Waals surface area contributed by atoms with Gasteiger partial charge < -0.3 is 9.47 Å². The van der Waals surface area contributed by atoms with Gasteiger partial charge in [-0.05, 0) is 36.1 Å². The fraction of sp³-hybridized carbons (Fsp3) is 0.545. The van der Waals surface area contributed by atoms with Gasteiger partial charge in [-0.2, -0.15) is 0 Å². The molecule has 0 amide bonds. The van der Waals surface area contributed by atoms with E-state index in [0.29, 0.717) is 18.4 Å². The van der Waals surface area contributed by atoms with Gasteiger partial charge in [-0.1, -0.05) is 0 Å². The highest BCUT2D eigenvalue weighted by Gasteiger charge is 2.15. The summed E-state index contributed by atoms with van der Waals surface area (Å²) in [5.74, 6) is 0.805. The molecule has 2 rings (SSSR count). The predicted octanol–water partition coefficient (Wildman–Crippen LogP) is 2.28. The number of ether oxygens (including phenoxy) is 2. The smallest absolute Gasteiger partial charge is 0.243 e. The number of nitrogens with zero attached hydrogens (tertiary/aromatic N) is 2. The molecule has 1 fully saturated rings. The minimum atomic E-state index is 0.259. The van der Waals surface area contributed by atoms with E-state index in [2.05, 4.69) is 10.2 Å². The molecule has 0 bridgehead atoms. The van der Waals surface area contributed by atoms with Gasteiger partial charge in [0.2, 0.25) is 5.88 Å². The molecule has 16 heavy (non-hydrogen) atoms. The van der Waals surface area contributed by atoms with E-state index in [9.17, 15) is 4.91 Å². The molecule has 86 valence electrons. The molecule has 2 heterocycles. The number of hydrogen-bond acceptors (Lipinski definition) is 5. The van der Waals surface area contributed by atoms with E-state index < -0.39 is 0 Å². The van der Waals surface area contributed by atoms with Crippen LogP contribution in [0.3, 0.4) is 0 Å². The fourth-order valence-electron chi connectivity index (χ4n) is 1.67. The zero-order valence-corrected chi connectivity index (χ0v) is 8.96. The van der Waals surface area contributed by atoms with E-state index >= 15 is 0 Å². The molecule has 5 nitrogen and oxygen atoms in total. The molecule has 0 saturated carbocycles. The second-order valence-corrected chi connectivity index (χ2v) is 3.79. The second-order valence-electron chi connectivity index (χ2n) is 3.79. The molecule has 1 aromatic heterocycles. The Bertz CT molecular complexity index is 351. The molecule has 1 saturated heterocycles. The number of pyridine rings is 1. The highest BCUT2D eigenvalue weighted by Crippen LogP contribution is 2.25. The zero-order chi connectivity index (χ0) is 11.2. The van der Waals surface area contributed by atoms with Crippen LogP contribution in [0.4, 0.5) is 5.69 Å². The lowest BCUT2D eigenvalue weighted by molar-refractivity contribution is 0.0491. The molecular formula is C11H14N2O3. The summed E-state index contributed by atoms with van der Waals surface area (Å²) >= 11 is 0. The normalized spacial score (nSPS) is 17.0. The largest absolute Gasteiger partial charge is 0.476 e. The van der Waals surface area contributed by atoms with Crippen LogP contribution >= 0.6 is 0 Å². The van der Waals surface area contributed by atoms with E-state index in [1.165, 1.54) is 0 Å². The predicted molar refractivity (Wildman–Crippen MR) is 58.7 cm³/mol. The molecule has 0 unspecified atom stereocenters. The first kappa shape index (κ1) is 11.0. The Morgan fingerprint density at radius 2 is 2.31 bits per heavy atom. The van der Waals surface area contributed by atoms with E-state index in [4.69, 9.17) is 9.47 Å². The average Bonchev–Trinajstić information content (AvgIpc) is 2.38. The van der Waals surface area contributed by atoms with Crippen LogP contribution in [0.1, 0.15) is 12.8 Å². The van der Waals surface area contributed by atoms with Gasteiger partial charge in [-0.15, -0.1) is 4.91 Å². The number of hydrogen-bond donors (Lipinski definition) is 0. The summed E-state index contributed by atoms with van der Waals surface area (Å²) in [5, 5.41) is 2.87. The molecule has 1 aliphatic heterocycles. The Labute approximate surface area is 93.8 Å². The summed E-state index contributed by atoms with van der Waals surface area (Å²) in [6.45, 7) is 2.15. The highest BCUT2D eigenvalue weighted by molar-refractivity contribution is 5.45.